The molecule has 27 heavy (non-hydrogen) atoms. The predicted molar refractivity (Wildman–Crippen MR) is 102 cm³/mol. The smallest absolute Gasteiger partial charge is 0.231 e. The van der Waals surface area contributed by atoms with Crippen LogP contribution < -0.4 is 9.47 Å². The van der Waals surface area contributed by atoms with Crippen LogP contribution >= 0.6 is 0 Å². The Morgan fingerprint density at radius 1 is 1.07 bits per heavy atom. The maximum absolute atomic E-state index is 9.91. The van der Waals surface area contributed by atoms with Gasteiger partial charge >= 0.3 is 0 Å². The lowest BCUT2D eigenvalue weighted by molar-refractivity contribution is 0.118. The van der Waals surface area contributed by atoms with E-state index in [1.807, 2.05) is 65.6 Å². The van der Waals surface area contributed by atoms with E-state index in [2.05, 4.69) is 10.00 Å². The molecule has 1 aliphatic rings. The Labute approximate surface area is 158 Å². The lowest BCUT2D eigenvalue weighted by Crippen LogP contribution is -2.30. The molecule has 1 unspecified atom stereocenters. The number of ether oxygens (including phenoxy) is 2. The van der Waals surface area contributed by atoms with Gasteiger partial charge in [-0.05, 0) is 36.8 Å². The third kappa shape index (κ3) is 4.30. The van der Waals surface area contributed by atoms with E-state index < -0.39 is 6.10 Å². The van der Waals surface area contributed by atoms with Gasteiger partial charge in [0.1, 0.15) is 0 Å². The van der Waals surface area contributed by atoms with Crippen LogP contribution in [0.1, 0.15) is 18.1 Å². The van der Waals surface area contributed by atoms with E-state index >= 15 is 0 Å². The van der Waals surface area contributed by atoms with Crippen molar-refractivity contribution in [1.29, 1.82) is 0 Å². The summed E-state index contributed by atoms with van der Waals surface area (Å²) in [5, 5.41) is 14.4. The summed E-state index contributed by atoms with van der Waals surface area (Å²) < 4.78 is 12.7. The molecule has 0 bridgehead atoms. The predicted octanol–water partition coefficient (Wildman–Crippen LogP) is 2.98. The minimum Gasteiger partial charge on any atom is -0.454 e. The highest BCUT2D eigenvalue weighted by atomic mass is 16.7. The maximum atomic E-state index is 9.91. The van der Waals surface area contributed by atoms with Crippen LogP contribution in [0.25, 0.3) is 5.69 Å². The number of para-hydroxylation sites is 1. The molecular weight excluding hydrogens is 342 g/mol. The zero-order valence-electron chi connectivity index (χ0n) is 15.3. The second-order valence-corrected chi connectivity index (χ2v) is 6.83. The van der Waals surface area contributed by atoms with Crippen molar-refractivity contribution in [3.8, 4) is 17.2 Å². The zero-order valence-corrected chi connectivity index (χ0v) is 15.3. The SMILES string of the molecule is CC(O)CN(Cc1ccc2c(c1)OCO2)Cc1cnn(-c2ccccc2)c1. The summed E-state index contributed by atoms with van der Waals surface area (Å²) >= 11 is 0. The molecule has 0 fully saturated rings. The topological polar surface area (TPSA) is 59.8 Å². The van der Waals surface area contributed by atoms with Crippen molar-refractivity contribution in [3.63, 3.8) is 0 Å². The first-order valence-electron chi connectivity index (χ1n) is 9.05. The average Bonchev–Trinajstić information content (AvgIpc) is 3.31. The molecule has 4 rings (SSSR count). The summed E-state index contributed by atoms with van der Waals surface area (Å²) in [5.41, 5.74) is 3.25. The van der Waals surface area contributed by atoms with Crippen molar-refractivity contribution >= 4 is 0 Å². The van der Waals surface area contributed by atoms with Crippen molar-refractivity contribution in [2.75, 3.05) is 13.3 Å². The molecule has 0 aliphatic carbocycles. The van der Waals surface area contributed by atoms with Gasteiger partial charge in [-0.1, -0.05) is 24.3 Å². The summed E-state index contributed by atoms with van der Waals surface area (Å²) in [6, 6.07) is 16.0. The maximum Gasteiger partial charge on any atom is 0.231 e. The van der Waals surface area contributed by atoms with Crippen molar-refractivity contribution in [1.82, 2.24) is 14.7 Å². The minimum atomic E-state index is -0.414. The average molecular weight is 365 g/mol. The van der Waals surface area contributed by atoms with Crippen molar-refractivity contribution in [2.45, 2.75) is 26.1 Å². The van der Waals surface area contributed by atoms with Crippen LogP contribution in [0, 0.1) is 0 Å². The van der Waals surface area contributed by atoms with Crippen LogP contribution in [0.5, 0.6) is 11.5 Å². The number of fused-ring (bicyclic) bond motifs is 1. The third-order valence-electron chi connectivity index (χ3n) is 4.43. The first-order chi connectivity index (χ1) is 13.2. The largest absolute Gasteiger partial charge is 0.454 e. The summed E-state index contributed by atoms with van der Waals surface area (Å²) in [4.78, 5) is 2.20. The molecule has 6 nitrogen and oxygen atoms in total. The van der Waals surface area contributed by atoms with Gasteiger partial charge in [-0.25, -0.2) is 4.68 Å². The molecule has 0 saturated heterocycles. The normalized spacial score (nSPS) is 13.9. The van der Waals surface area contributed by atoms with Gasteiger partial charge < -0.3 is 14.6 Å². The van der Waals surface area contributed by atoms with E-state index in [0.29, 0.717) is 19.6 Å². The standard InChI is InChI=1S/C21H23N3O3/c1-16(25)11-23(12-17-7-8-20-21(9-17)27-15-26-20)13-18-10-22-24(14-18)19-5-3-2-4-6-19/h2-10,14,16,25H,11-13,15H2,1H3. The fourth-order valence-corrected chi connectivity index (χ4v) is 3.28. The molecule has 2 heterocycles. The van der Waals surface area contributed by atoms with Crippen molar-refractivity contribution in [3.05, 3.63) is 72.1 Å². The number of rotatable bonds is 7. The second-order valence-electron chi connectivity index (χ2n) is 6.83. The van der Waals surface area contributed by atoms with E-state index in [-0.39, 0.29) is 6.79 Å². The molecule has 3 aromatic rings. The highest BCUT2D eigenvalue weighted by Gasteiger charge is 2.16. The molecule has 1 atom stereocenters. The fraction of sp³-hybridized carbons (Fsp3) is 0.286. The van der Waals surface area contributed by atoms with Crippen LogP contribution in [0.15, 0.2) is 60.9 Å². The first-order valence-corrected chi connectivity index (χ1v) is 9.05. The number of aliphatic hydroxyl groups is 1. The Kier molecular flexibility index (Phi) is 5.09. The lowest BCUT2D eigenvalue weighted by atomic mass is 10.1. The van der Waals surface area contributed by atoms with Gasteiger partial charge in [-0.2, -0.15) is 5.10 Å². The van der Waals surface area contributed by atoms with Gasteiger partial charge in [0.05, 0.1) is 18.0 Å². The Hall–Kier alpha value is -2.83. The molecule has 0 saturated carbocycles. The van der Waals surface area contributed by atoms with E-state index in [1.165, 1.54) is 0 Å². The van der Waals surface area contributed by atoms with Crippen molar-refractivity contribution < 1.29 is 14.6 Å². The van der Waals surface area contributed by atoms with E-state index in [0.717, 1.165) is 28.3 Å². The third-order valence-corrected chi connectivity index (χ3v) is 4.43. The van der Waals surface area contributed by atoms with E-state index in [4.69, 9.17) is 9.47 Å². The lowest BCUT2D eigenvalue weighted by Gasteiger charge is -2.23. The van der Waals surface area contributed by atoms with Gasteiger partial charge in [-0.15, -0.1) is 0 Å². The van der Waals surface area contributed by atoms with Crippen LogP contribution in [0.4, 0.5) is 0 Å². The van der Waals surface area contributed by atoms with Crippen molar-refractivity contribution in [2.24, 2.45) is 0 Å². The molecule has 1 aromatic heterocycles. The summed E-state index contributed by atoms with van der Waals surface area (Å²) in [6.45, 7) is 4.06. The fourth-order valence-electron chi connectivity index (χ4n) is 3.28. The highest BCUT2D eigenvalue weighted by Crippen LogP contribution is 2.32. The molecule has 140 valence electrons. The first kappa shape index (κ1) is 17.6. The molecule has 0 amide bonds. The van der Waals surface area contributed by atoms with Crippen LogP contribution in [-0.2, 0) is 13.1 Å². The van der Waals surface area contributed by atoms with Crippen LogP contribution in [0.3, 0.4) is 0 Å². The molecule has 2 aromatic carbocycles. The zero-order chi connectivity index (χ0) is 18.6. The second kappa shape index (κ2) is 7.82. The number of aliphatic hydroxyl groups excluding tert-OH is 1. The summed E-state index contributed by atoms with van der Waals surface area (Å²) in [6.07, 6.45) is 3.49. The molecular formula is C21H23N3O3. The Morgan fingerprint density at radius 2 is 1.85 bits per heavy atom. The quantitative estimate of drug-likeness (QED) is 0.698. The molecule has 1 N–H and O–H groups in total. The van der Waals surface area contributed by atoms with Gasteiger partial charge in [0.25, 0.3) is 0 Å². The molecule has 0 spiro atoms. The number of hydrogen-bond acceptors (Lipinski definition) is 5. The number of aromatic nitrogens is 2. The van der Waals surface area contributed by atoms with Crippen LogP contribution in [0.2, 0.25) is 0 Å². The number of hydrogen-bond donors (Lipinski definition) is 1. The van der Waals surface area contributed by atoms with E-state index in [9.17, 15) is 5.11 Å². The monoisotopic (exact) mass is 365 g/mol. The van der Waals surface area contributed by atoms with Crippen LogP contribution in [-0.4, -0.2) is 39.2 Å². The highest BCUT2D eigenvalue weighted by molar-refractivity contribution is 5.44. The van der Waals surface area contributed by atoms with E-state index in [1.54, 1.807) is 6.92 Å². The van der Waals surface area contributed by atoms with Gasteiger partial charge in [0.15, 0.2) is 11.5 Å². The Bertz CT molecular complexity index is 893. The summed E-state index contributed by atoms with van der Waals surface area (Å²) in [7, 11) is 0. The molecule has 0 radical (unpaired) electrons. The Morgan fingerprint density at radius 3 is 2.67 bits per heavy atom. The minimum absolute atomic E-state index is 0.273. The number of benzene rings is 2. The van der Waals surface area contributed by atoms with Gasteiger partial charge in [-0.3, -0.25) is 4.90 Å². The molecule has 6 heteroatoms. The number of nitrogens with zero attached hydrogens (tertiary/aromatic N) is 3. The van der Waals surface area contributed by atoms with Gasteiger partial charge in [0.2, 0.25) is 6.79 Å². The van der Waals surface area contributed by atoms with Gasteiger partial charge in [0, 0.05) is 31.4 Å². The Balaban J connectivity index is 1.48. The summed E-state index contributed by atoms with van der Waals surface area (Å²) in [5.74, 6) is 1.56. The molecule has 1 aliphatic heterocycles.